The molecule has 7 nitrogen and oxygen atoms in total. The average Bonchev–Trinajstić information content (AvgIpc) is 2.80. The lowest BCUT2D eigenvalue weighted by Crippen LogP contribution is -2.45. The third kappa shape index (κ3) is 6.50. The molecule has 180 valence electrons. The Morgan fingerprint density at radius 3 is 2.38 bits per heavy atom. The predicted octanol–water partition coefficient (Wildman–Crippen LogP) is 4.58. The highest BCUT2D eigenvalue weighted by atomic mass is 35.5. The number of amides is 1. The van der Waals surface area contributed by atoms with Gasteiger partial charge < -0.3 is 14.8 Å². The maximum absolute atomic E-state index is 13.3. The standard InChI is InChI=1S/C25H27ClN2O5S/c1-4-33-23-13-11-19(16-20(23)26)34(30,31)28-22(15-18-8-6-5-7-9-18)25(29)27-21-14-17(2)10-12-24(21)32-3/h5-14,16,22,28H,4,15H2,1-3H3,(H,27,29). The Kier molecular flexibility index (Phi) is 8.55. The fourth-order valence-electron chi connectivity index (χ4n) is 3.35. The van der Waals surface area contributed by atoms with Crippen LogP contribution >= 0.6 is 11.6 Å². The van der Waals surface area contributed by atoms with E-state index >= 15 is 0 Å². The smallest absolute Gasteiger partial charge is 0.243 e. The van der Waals surface area contributed by atoms with Crippen molar-refractivity contribution in [2.75, 3.05) is 19.0 Å². The predicted molar refractivity (Wildman–Crippen MR) is 133 cm³/mol. The van der Waals surface area contributed by atoms with Crippen molar-refractivity contribution in [2.24, 2.45) is 0 Å². The van der Waals surface area contributed by atoms with E-state index in [0.29, 0.717) is 23.8 Å². The molecule has 1 atom stereocenters. The average molecular weight is 503 g/mol. The number of hydrogen-bond donors (Lipinski definition) is 2. The number of nitrogens with one attached hydrogen (secondary N) is 2. The van der Waals surface area contributed by atoms with Gasteiger partial charge in [0, 0.05) is 0 Å². The summed E-state index contributed by atoms with van der Waals surface area (Å²) >= 11 is 6.19. The van der Waals surface area contributed by atoms with E-state index in [1.165, 1.54) is 25.3 Å². The van der Waals surface area contributed by atoms with E-state index in [-0.39, 0.29) is 16.3 Å². The molecule has 0 aromatic heterocycles. The van der Waals surface area contributed by atoms with Gasteiger partial charge in [-0.05, 0) is 61.7 Å². The Labute approximate surface area is 205 Å². The van der Waals surface area contributed by atoms with Gasteiger partial charge in [-0.25, -0.2) is 8.42 Å². The summed E-state index contributed by atoms with van der Waals surface area (Å²) in [6, 6.07) is 17.6. The Bertz CT molecular complexity index is 1250. The molecule has 0 spiro atoms. The first kappa shape index (κ1) is 25.6. The van der Waals surface area contributed by atoms with Crippen molar-refractivity contribution < 1.29 is 22.7 Å². The molecule has 3 aromatic rings. The number of benzene rings is 3. The molecule has 0 heterocycles. The van der Waals surface area contributed by atoms with Crippen molar-refractivity contribution >= 4 is 33.2 Å². The number of anilines is 1. The molecular formula is C25H27ClN2O5S. The third-order valence-electron chi connectivity index (χ3n) is 5.02. The Morgan fingerprint density at radius 2 is 1.74 bits per heavy atom. The van der Waals surface area contributed by atoms with E-state index in [9.17, 15) is 13.2 Å². The van der Waals surface area contributed by atoms with Crippen LogP contribution in [-0.4, -0.2) is 34.1 Å². The van der Waals surface area contributed by atoms with Crippen molar-refractivity contribution in [1.82, 2.24) is 4.72 Å². The summed E-state index contributed by atoms with van der Waals surface area (Å²) in [7, 11) is -2.58. The van der Waals surface area contributed by atoms with Crippen LogP contribution in [-0.2, 0) is 21.2 Å². The number of halogens is 1. The van der Waals surface area contributed by atoms with Crippen LogP contribution in [0.1, 0.15) is 18.1 Å². The van der Waals surface area contributed by atoms with Crippen LogP contribution in [0, 0.1) is 6.92 Å². The molecule has 1 amide bonds. The van der Waals surface area contributed by atoms with Crippen molar-refractivity contribution in [2.45, 2.75) is 31.2 Å². The molecule has 0 aliphatic rings. The molecule has 0 fully saturated rings. The van der Waals surface area contributed by atoms with Gasteiger partial charge in [0.1, 0.15) is 17.5 Å². The molecule has 3 rings (SSSR count). The normalized spacial score (nSPS) is 12.1. The fraction of sp³-hybridized carbons (Fsp3) is 0.240. The van der Waals surface area contributed by atoms with Gasteiger partial charge in [-0.2, -0.15) is 4.72 Å². The molecule has 0 saturated heterocycles. The Morgan fingerprint density at radius 1 is 1.03 bits per heavy atom. The Balaban J connectivity index is 1.90. The van der Waals surface area contributed by atoms with E-state index < -0.39 is 22.0 Å². The highest BCUT2D eigenvalue weighted by molar-refractivity contribution is 7.89. The van der Waals surface area contributed by atoms with E-state index in [0.717, 1.165) is 11.1 Å². The summed E-state index contributed by atoms with van der Waals surface area (Å²) in [6.07, 6.45) is 0.144. The number of rotatable bonds is 10. The van der Waals surface area contributed by atoms with Crippen LogP contribution in [0.4, 0.5) is 5.69 Å². The number of methoxy groups -OCH3 is 1. The number of ether oxygens (including phenoxy) is 2. The molecule has 0 aliphatic carbocycles. The summed E-state index contributed by atoms with van der Waals surface area (Å²) in [4.78, 5) is 13.2. The molecule has 3 aromatic carbocycles. The molecule has 0 aliphatic heterocycles. The number of aryl methyl sites for hydroxylation is 1. The molecule has 1 unspecified atom stereocenters. The van der Waals surface area contributed by atoms with Crippen LogP contribution in [0.3, 0.4) is 0 Å². The molecule has 0 saturated carbocycles. The van der Waals surface area contributed by atoms with Gasteiger partial charge in [-0.15, -0.1) is 0 Å². The highest BCUT2D eigenvalue weighted by Crippen LogP contribution is 2.28. The van der Waals surface area contributed by atoms with Gasteiger partial charge in [0.2, 0.25) is 15.9 Å². The topological polar surface area (TPSA) is 93.7 Å². The van der Waals surface area contributed by atoms with E-state index in [1.807, 2.05) is 43.3 Å². The van der Waals surface area contributed by atoms with Crippen LogP contribution in [0.5, 0.6) is 11.5 Å². The first-order chi connectivity index (χ1) is 16.2. The number of hydrogen-bond acceptors (Lipinski definition) is 5. The molecule has 2 N–H and O–H groups in total. The first-order valence-electron chi connectivity index (χ1n) is 10.7. The van der Waals surface area contributed by atoms with E-state index in [4.69, 9.17) is 21.1 Å². The SMILES string of the molecule is CCOc1ccc(S(=O)(=O)NC(Cc2ccccc2)C(=O)Nc2cc(C)ccc2OC)cc1Cl. The molecular weight excluding hydrogens is 476 g/mol. The minimum absolute atomic E-state index is 0.0695. The van der Waals surface area contributed by atoms with Gasteiger partial charge in [-0.1, -0.05) is 48.0 Å². The second kappa shape index (κ2) is 11.4. The zero-order valence-electron chi connectivity index (χ0n) is 19.2. The Hall–Kier alpha value is -3.07. The molecule has 0 radical (unpaired) electrons. The lowest BCUT2D eigenvalue weighted by Gasteiger charge is -2.20. The molecule has 34 heavy (non-hydrogen) atoms. The summed E-state index contributed by atoms with van der Waals surface area (Å²) in [5, 5.41) is 2.96. The lowest BCUT2D eigenvalue weighted by molar-refractivity contribution is -0.117. The summed E-state index contributed by atoms with van der Waals surface area (Å²) in [5.41, 5.74) is 2.17. The third-order valence-corrected chi connectivity index (χ3v) is 6.79. The van der Waals surface area contributed by atoms with Gasteiger partial charge in [0.15, 0.2) is 0 Å². The minimum atomic E-state index is -4.08. The van der Waals surface area contributed by atoms with Crippen molar-refractivity contribution in [3.63, 3.8) is 0 Å². The second-order valence-electron chi connectivity index (χ2n) is 7.58. The molecule has 9 heteroatoms. The zero-order valence-corrected chi connectivity index (χ0v) is 20.7. The maximum atomic E-state index is 13.3. The number of carbonyl (C=O) groups excluding carboxylic acids is 1. The van der Waals surface area contributed by atoms with Crippen LogP contribution in [0.2, 0.25) is 5.02 Å². The first-order valence-corrected chi connectivity index (χ1v) is 12.5. The van der Waals surface area contributed by atoms with Crippen molar-refractivity contribution in [3.05, 3.63) is 82.9 Å². The quantitative estimate of drug-likeness (QED) is 0.423. The largest absolute Gasteiger partial charge is 0.495 e. The van der Waals surface area contributed by atoms with Crippen LogP contribution < -0.4 is 19.5 Å². The highest BCUT2D eigenvalue weighted by Gasteiger charge is 2.27. The summed E-state index contributed by atoms with van der Waals surface area (Å²) in [6.45, 7) is 4.08. The summed E-state index contributed by atoms with van der Waals surface area (Å²) in [5.74, 6) is 0.333. The number of sulfonamides is 1. The van der Waals surface area contributed by atoms with Gasteiger partial charge in [-0.3, -0.25) is 4.79 Å². The van der Waals surface area contributed by atoms with Crippen LogP contribution in [0.15, 0.2) is 71.6 Å². The fourth-order valence-corrected chi connectivity index (χ4v) is 4.87. The zero-order chi connectivity index (χ0) is 24.7. The van der Waals surface area contributed by atoms with Gasteiger partial charge >= 0.3 is 0 Å². The van der Waals surface area contributed by atoms with E-state index in [1.54, 1.807) is 19.1 Å². The summed E-state index contributed by atoms with van der Waals surface area (Å²) < 4.78 is 39.6. The number of carbonyl (C=O) groups is 1. The van der Waals surface area contributed by atoms with Crippen molar-refractivity contribution in [1.29, 1.82) is 0 Å². The van der Waals surface area contributed by atoms with Gasteiger partial charge in [0.05, 0.1) is 29.3 Å². The maximum Gasteiger partial charge on any atom is 0.243 e. The lowest BCUT2D eigenvalue weighted by atomic mass is 10.1. The van der Waals surface area contributed by atoms with E-state index in [2.05, 4.69) is 10.0 Å². The van der Waals surface area contributed by atoms with Crippen LogP contribution in [0.25, 0.3) is 0 Å². The second-order valence-corrected chi connectivity index (χ2v) is 9.70. The van der Waals surface area contributed by atoms with Crippen molar-refractivity contribution in [3.8, 4) is 11.5 Å². The minimum Gasteiger partial charge on any atom is -0.495 e. The van der Waals surface area contributed by atoms with Gasteiger partial charge in [0.25, 0.3) is 0 Å². The molecule has 0 bridgehead atoms. The monoisotopic (exact) mass is 502 g/mol.